The van der Waals surface area contributed by atoms with Gasteiger partial charge in [0.15, 0.2) is 0 Å². The fourth-order valence-electron chi connectivity index (χ4n) is 2.50. The lowest BCUT2D eigenvalue weighted by Gasteiger charge is -2.28. The van der Waals surface area contributed by atoms with Crippen molar-refractivity contribution in [3.8, 4) is 0 Å². The van der Waals surface area contributed by atoms with Gasteiger partial charge in [0.1, 0.15) is 11.6 Å². The van der Waals surface area contributed by atoms with E-state index >= 15 is 0 Å². The smallest absolute Gasteiger partial charge is 0.367 e. The summed E-state index contributed by atoms with van der Waals surface area (Å²) in [5, 5.41) is 3.05. The van der Waals surface area contributed by atoms with Gasteiger partial charge in [-0.1, -0.05) is 19.8 Å². The molecule has 1 aromatic heterocycles. The molecule has 0 saturated heterocycles. The highest BCUT2D eigenvalue weighted by molar-refractivity contribution is 5.47. The molecule has 2 rings (SSSR count). The highest BCUT2D eigenvalue weighted by atomic mass is 19.4. The van der Waals surface area contributed by atoms with Gasteiger partial charge in [0.2, 0.25) is 5.82 Å². The van der Waals surface area contributed by atoms with Gasteiger partial charge in [-0.25, -0.2) is 15.8 Å². The third-order valence-electron chi connectivity index (χ3n) is 3.42. The van der Waals surface area contributed by atoms with Crippen molar-refractivity contribution in [3.63, 3.8) is 0 Å². The van der Waals surface area contributed by atoms with Gasteiger partial charge in [0.05, 0.1) is 0 Å². The molecule has 1 saturated carbocycles. The molecule has 5 nitrogen and oxygen atoms in total. The average molecular weight is 289 g/mol. The molecule has 4 N–H and O–H groups in total. The Balaban J connectivity index is 2.18. The lowest BCUT2D eigenvalue weighted by molar-refractivity contribution is -0.144. The molecular formula is C12H18F3N5. The molecule has 0 radical (unpaired) electrons. The molecule has 0 aliphatic heterocycles. The van der Waals surface area contributed by atoms with E-state index in [9.17, 15) is 13.2 Å². The second-order valence-electron chi connectivity index (χ2n) is 5.22. The summed E-state index contributed by atoms with van der Waals surface area (Å²) in [6.07, 6.45) is -0.510. The number of hydrazine groups is 1. The monoisotopic (exact) mass is 289 g/mol. The van der Waals surface area contributed by atoms with Gasteiger partial charge in [-0.2, -0.15) is 13.2 Å². The van der Waals surface area contributed by atoms with Gasteiger partial charge in [-0.3, -0.25) is 0 Å². The first-order valence-electron chi connectivity index (χ1n) is 6.58. The maximum Gasteiger partial charge on any atom is 0.451 e. The summed E-state index contributed by atoms with van der Waals surface area (Å²) in [6, 6.07) is 1.52. The Kier molecular flexibility index (Phi) is 4.32. The number of halogens is 3. The van der Waals surface area contributed by atoms with Gasteiger partial charge >= 0.3 is 6.18 Å². The highest BCUT2D eigenvalue weighted by Gasteiger charge is 2.35. The number of nitrogen functional groups attached to an aromatic ring is 1. The molecular weight excluding hydrogens is 271 g/mol. The highest BCUT2D eigenvalue weighted by Crippen LogP contribution is 2.30. The molecule has 2 unspecified atom stereocenters. The van der Waals surface area contributed by atoms with Crippen LogP contribution in [0.15, 0.2) is 6.07 Å². The summed E-state index contributed by atoms with van der Waals surface area (Å²) in [5.74, 6) is 4.62. The minimum absolute atomic E-state index is 0.0568. The summed E-state index contributed by atoms with van der Waals surface area (Å²) >= 11 is 0. The quantitative estimate of drug-likeness (QED) is 0.589. The van der Waals surface area contributed by atoms with Gasteiger partial charge in [0.25, 0.3) is 0 Å². The number of hydrogen-bond donors (Lipinski definition) is 3. The Morgan fingerprint density at radius 2 is 1.95 bits per heavy atom. The fourth-order valence-corrected chi connectivity index (χ4v) is 2.50. The zero-order chi connectivity index (χ0) is 14.8. The van der Waals surface area contributed by atoms with Crippen molar-refractivity contribution in [2.45, 2.75) is 44.8 Å². The van der Waals surface area contributed by atoms with Gasteiger partial charge < -0.3 is 10.7 Å². The summed E-state index contributed by atoms with van der Waals surface area (Å²) in [4.78, 5) is 6.85. The Morgan fingerprint density at radius 1 is 1.25 bits per heavy atom. The number of nitrogens with two attached hydrogens (primary N) is 1. The molecule has 1 aliphatic carbocycles. The summed E-state index contributed by atoms with van der Waals surface area (Å²) in [6.45, 7) is 2.14. The zero-order valence-corrected chi connectivity index (χ0v) is 11.2. The Bertz CT molecular complexity index is 463. The summed E-state index contributed by atoms with van der Waals surface area (Å²) < 4.78 is 38.1. The maximum atomic E-state index is 12.7. The number of nitrogens with zero attached hydrogens (tertiary/aromatic N) is 2. The van der Waals surface area contributed by atoms with Crippen molar-refractivity contribution in [1.29, 1.82) is 0 Å². The third kappa shape index (κ3) is 3.72. The molecule has 0 spiro atoms. The van der Waals surface area contributed by atoms with E-state index in [1.54, 1.807) is 0 Å². The largest absolute Gasteiger partial charge is 0.451 e. The number of aromatic nitrogens is 2. The van der Waals surface area contributed by atoms with Crippen molar-refractivity contribution in [1.82, 2.24) is 9.97 Å². The predicted octanol–water partition coefficient (Wildman–Crippen LogP) is 2.77. The summed E-state index contributed by atoms with van der Waals surface area (Å²) in [5.41, 5.74) is 2.13. The van der Waals surface area contributed by atoms with Crippen LogP contribution in [-0.2, 0) is 6.18 Å². The molecule has 1 aromatic rings. The Morgan fingerprint density at radius 3 is 2.55 bits per heavy atom. The molecule has 0 amide bonds. The maximum absolute atomic E-state index is 12.7. The van der Waals surface area contributed by atoms with Gasteiger partial charge in [0, 0.05) is 12.1 Å². The molecule has 0 bridgehead atoms. The molecule has 0 aromatic carbocycles. The molecule has 112 valence electrons. The van der Waals surface area contributed by atoms with Crippen LogP contribution in [0.3, 0.4) is 0 Å². The molecule has 20 heavy (non-hydrogen) atoms. The minimum atomic E-state index is -4.59. The van der Waals surface area contributed by atoms with E-state index in [1.165, 1.54) is 6.07 Å². The van der Waals surface area contributed by atoms with Crippen LogP contribution in [0, 0.1) is 5.92 Å². The first-order chi connectivity index (χ1) is 9.38. The Hall–Kier alpha value is -1.57. The second kappa shape index (κ2) is 5.82. The van der Waals surface area contributed by atoms with Crippen LogP contribution in [0.1, 0.15) is 38.4 Å². The molecule has 1 heterocycles. The molecule has 1 fully saturated rings. The average Bonchev–Trinajstić information content (AvgIpc) is 2.37. The van der Waals surface area contributed by atoms with E-state index in [4.69, 9.17) is 5.84 Å². The SMILES string of the molecule is CC1CCCC(Nc2cc(NN)nc(C(F)(F)F)n2)C1. The van der Waals surface area contributed by atoms with Crippen LogP contribution in [0.25, 0.3) is 0 Å². The molecule has 1 aliphatic rings. The standard InChI is InChI=1S/C12H18F3N5/c1-7-3-2-4-8(5-7)17-9-6-10(20-16)19-11(18-9)12(13,14)15/h6-8H,2-5,16H2,1H3,(H2,17,18,19,20). The lowest BCUT2D eigenvalue weighted by Crippen LogP contribution is -2.27. The van der Waals surface area contributed by atoms with Crippen molar-refractivity contribution >= 4 is 11.6 Å². The van der Waals surface area contributed by atoms with E-state index in [2.05, 4.69) is 27.6 Å². The van der Waals surface area contributed by atoms with E-state index in [0.717, 1.165) is 25.7 Å². The van der Waals surface area contributed by atoms with Gasteiger partial charge in [-0.05, 0) is 18.8 Å². The van der Waals surface area contributed by atoms with Crippen molar-refractivity contribution in [3.05, 3.63) is 11.9 Å². The predicted molar refractivity (Wildman–Crippen MR) is 69.9 cm³/mol. The topological polar surface area (TPSA) is 75.9 Å². The van der Waals surface area contributed by atoms with Crippen LogP contribution in [-0.4, -0.2) is 16.0 Å². The normalized spacial score (nSPS) is 23.4. The van der Waals surface area contributed by atoms with E-state index < -0.39 is 12.0 Å². The third-order valence-corrected chi connectivity index (χ3v) is 3.42. The van der Waals surface area contributed by atoms with E-state index in [0.29, 0.717) is 5.92 Å². The van der Waals surface area contributed by atoms with Crippen LogP contribution in [0.5, 0.6) is 0 Å². The number of anilines is 2. The fraction of sp³-hybridized carbons (Fsp3) is 0.667. The van der Waals surface area contributed by atoms with Crippen molar-refractivity contribution < 1.29 is 13.2 Å². The van der Waals surface area contributed by atoms with E-state index in [-0.39, 0.29) is 17.7 Å². The van der Waals surface area contributed by atoms with E-state index in [1.807, 2.05) is 0 Å². The van der Waals surface area contributed by atoms with Crippen LogP contribution in [0.4, 0.5) is 24.8 Å². The minimum Gasteiger partial charge on any atom is -0.367 e. The molecule has 8 heteroatoms. The van der Waals surface area contributed by atoms with Crippen LogP contribution in [0.2, 0.25) is 0 Å². The number of hydrogen-bond acceptors (Lipinski definition) is 5. The number of rotatable bonds is 3. The lowest BCUT2D eigenvalue weighted by atomic mass is 9.87. The van der Waals surface area contributed by atoms with Crippen molar-refractivity contribution in [2.24, 2.45) is 11.8 Å². The second-order valence-corrected chi connectivity index (χ2v) is 5.22. The first kappa shape index (κ1) is 14.8. The van der Waals surface area contributed by atoms with Crippen molar-refractivity contribution in [2.75, 3.05) is 10.7 Å². The number of nitrogens with one attached hydrogen (secondary N) is 2. The summed E-state index contributed by atoms with van der Waals surface area (Å²) in [7, 11) is 0. The van der Waals surface area contributed by atoms with Gasteiger partial charge in [-0.15, -0.1) is 0 Å². The first-order valence-corrected chi connectivity index (χ1v) is 6.58. The Labute approximate surface area is 115 Å². The zero-order valence-electron chi connectivity index (χ0n) is 11.2. The van der Waals surface area contributed by atoms with Crippen LogP contribution >= 0.6 is 0 Å². The molecule has 2 atom stereocenters. The van der Waals surface area contributed by atoms with Crippen LogP contribution < -0.4 is 16.6 Å². The number of alkyl halides is 3.